The van der Waals surface area contributed by atoms with Crippen LogP contribution in [0.1, 0.15) is 18.5 Å². The summed E-state index contributed by atoms with van der Waals surface area (Å²) in [5, 5.41) is 3.48. The van der Waals surface area contributed by atoms with E-state index in [1.807, 2.05) is 42.0 Å². The highest BCUT2D eigenvalue weighted by Crippen LogP contribution is 2.11. The van der Waals surface area contributed by atoms with Crippen LogP contribution in [0, 0.1) is 0 Å². The molecule has 1 aliphatic heterocycles. The lowest BCUT2D eigenvalue weighted by molar-refractivity contribution is -0.132. The number of likely N-dealkylation sites (N-methyl/N-ethyl adjacent to an activating group) is 1. The third-order valence-electron chi connectivity index (χ3n) is 3.61. The lowest BCUT2D eigenvalue weighted by Crippen LogP contribution is -2.46. The van der Waals surface area contributed by atoms with E-state index in [2.05, 4.69) is 10.3 Å². The molecule has 1 atom stereocenters. The summed E-state index contributed by atoms with van der Waals surface area (Å²) in [7, 11) is 1.86. The van der Waals surface area contributed by atoms with E-state index in [4.69, 9.17) is 0 Å². The molecule has 1 saturated heterocycles. The lowest BCUT2D eigenvalue weighted by Gasteiger charge is -2.30. The van der Waals surface area contributed by atoms with Crippen molar-refractivity contribution < 1.29 is 4.79 Å². The highest BCUT2D eigenvalue weighted by molar-refractivity contribution is 5.76. The molecule has 0 saturated carbocycles. The van der Waals surface area contributed by atoms with Gasteiger partial charge in [0.2, 0.25) is 5.91 Å². The number of fused-ring (bicyclic) bond motifs is 1. The summed E-state index contributed by atoms with van der Waals surface area (Å²) in [5.74, 6) is 0.241. The Morgan fingerprint density at radius 1 is 1.47 bits per heavy atom. The van der Waals surface area contributed by atoms with Gasteiger partial charge < -0.3 is 14.6 Å². The van der Waals surface area contributed by atoms with Crippen LogP contribution in [0.4, 0.5) is 0 Å². The molecule has 0 aliphatic carbocycles. The fraction of sp³-hybridized carbons (Fsp3) is 0.429. The second-order valence-electron chi connectivity index (χ2n) is 5.09. The normalized spacial score (nSPS) is 20.2. The lowest BCUT2D eigenvalue weighted by atomic mass is 10.1. The third kappa shape index (κ3) is 2.61. The number of nitrogens with zero attached hydrogens (tertiary/aromatic N) is 3. The van der Waals surface area contributed by atoms with Crippen molar-refractivity contribution in [2.45, 2.75) is 25.4 Å². The molecule has 0 spiro atoms. The van der Waals surface area contributed by atoms with E-state index in [0.29, 0.717) is 12.5 Å². The molecule has 5 nitrogen and oxygen atoms in total. The SMILES string of the molecule is CN1CC(NCc2cn3ccccc3n2)CCC1=O. The predicted molar refractivity (Wildman–Crippen MR) is 72.7 cm³/mol. The van der Waals surface area contributed by atoms with E-state index in [1.54, 1.807) is 4.90 Å². The summed E-state index contributed by atoms with van der Waals surface area (Å²) in [6.07, 6.45) is 5.59. The van der Waals surface area contributed by atoms with Gasteiger partial charge >= 0.3 is 0 Å². The summed E-state index contributed by atoms with van der Waals surface area (Å²) in [6.45, 7) is 1.53. The molecular formula is C14H18N4O. The number of piperidine rings is 1. The minimum atomic E-state index is 0.241. The molecule has 0 bridgehead atoms. The van der Waals surface area contributed by atoms with Crippen molar-refractivity contribution in [3.8, 4) is 0 Å². The Balaban J connectivity index is 1.61. The van der Waals surface area contributed by atoms with Gasteiger partial charge in [-0.25, -0.2) is 4.98 Å². The number of rotatable bonds is 3. The van der Waals surface area contributed by atoms with Gasteiger partial charge in [0.25, 0.3) is 0 Å². The number of nitrogens with one attached hydrogen (secondary N) is 1. The van der Waals surface area contributed by atoms with Crippen LogP contribution < -0.4 is 5.32 Å². The number of imidazole rings is 1. The smallest absolute Gasteiger partial charge is 0.222 e. The zero-order chi connectivity index (χ0) is 13.2. The van der Waals surface area contributed by atoms with Gasteiger partial charge in [-0.1, -0.05) is 6.07 Å². The van der Waals surface area contributed by atoms with Gasteiger partial charge in [-0.2, -0.15) is 0 Å². The van der Waals surface area contributed by atoms with E-state index in [0.717, 1.165) is 30.9 Å². The van der Waals surface area contributed by atoms with Gasteiger partial charge in [0.1, 0.15) is 5.65 Å². The van der Waals surface area contributed by atoms with E-state index in [9.17, 15) is 4.79 Å². The molecule has 1 amide bonds. The van der Waals surface area contributed by atoms with Crippen LogP contribution in [0.25, 0.3) is 5.65 Å². The average molecular weight is 258 g/mol. The van der Waals surface area contributed by atoms with Crippen LogP contribution in [0.2, 0.25) is 0 Å². The van der Waals surface area contributed by atoms with Crippen LogP contribution in [0.5, 0.6) is 0 Å². The van der Waals surface area contributed by atoms with Gasteiger partial charge in [0.15, 0.2) is 0 Å². The average Bonchev–Trinajstić information content (AvgIpc) is 2.83. The molecule has 19 heavy (non-hydrogen) atoms. The number of aromatic nitrogens is 2. The third-order valence-corrected chi connectivity index (χ3v) is 3.61. The van der Waals surface area contributed by atoms with Gasteiger partial charge in [-0.05, 0) is 18.6 Å². The Bertz CT molecular complexity index is 559. The maximum absolute atomic E-state index is 11.4. The van der Waals surface area contributed by atoms with Crippen LogP contribution in [0.3, 0.4) is 0 Å². The topological polar surface area (TPSA) is 49.6 Å². The highest BCUT2D eigenvalue weighted by Gasteiger charge is 2.22. The minimum absolute atomic E-state index is 0.241. The Hall–Kier alpha value is -1.88. The van der Waals surface area contributed by atoms with Gasteiger partial charge in [0.05, 0.1) is 5.69 Å². The van der Waals surface area contributed by atoms with Crippen LogP contribution in [0.15, 0.2) is 30.6 Å². The summed E-state index contributed by atoms with van der Waals surface area (Å²) < 4.78 is 2.02. The monoisotopic (exact) mass is 258 g/mol. The molecule has 0 radical (unpaired) electrons. The number of likely N-dealkylation sites (tertiary alicyclic amines) is 1. The van der Waals surface area contributed by atoms with Gasteiger partial charge in [-0.15, -0.1) is 0 Å². The molecule has 1 N–H and O–H groups in total. The van der Waals surface area contributed by atoms with E-state index in [-0.39, 0.29) is 5.91 Å². The van der Waals surface area contributed by atoms with Gasteiger partial charge in [-0.3, -0.25) is 4.79 Å². The van der Waals surface area contributed by atoms with E-state index < -0.39 is 0 Å². The fourth-order valence-corrected chi connectivity index (χ4v) is 2.50. The first-order valence-corrected chi connectivity index (χ1v) is 6.62. The molecule has 1 aliphatic rings. The molecule has 2 aromatic heterocycles. The number of carbonyl (C=O) groups is 1. The first kappa shape index (κ1) is 12.2. The molecule has 100 valence electrons. The molecular weight excluding hydrogens is 240 g/mol. The quantitative estimate of drug-likeness (QED) is 0.895. The maximum atomic E-state index is 11.4. The first-order chi connectivity index (χ1) is 9.22. The van der Waals surface area contributed by atoms with Crippen molar-refractivity contribution in [2.24, 2.45) is 0 Å². The molecule has 5 heteroatoms. The zero-order valence-electron chi connectivity index (χ0n) is 11.0. The van der Waals surface area contributed by atoms with Crippen LogP contribution in [-0.4, -0.2) is 39.8 Å². The summed E-state index contributed by atoms with van der Waals surface area (Å²) >= 11 is 0. The summed E-state index contributed by atoms with van der Waals surface area (Å²) in [4.78, 5) is 17.8. The van der Waals surface area contributed by atoms with Crippen molar-refractivity contribution in [2.75, 3.05) is 13.6 Å². The molecule has 3 heterocycles. The molecule has 0 aromatic carbocycles. The summed E-state index contributed by atoms with van der Waals surface area (Å²) in [5.41, 5.74) is 2.00. The Kier molecular flexibility index (Phi) is 3.21. The highest BCUT2D eigenvalue weighted by atomic mass is 16.2. The van der Waals surface area contributed by atoms with E-state index >= 15 is 0 Å². The van der Waals surface area contributed by atoms with Crippen LogP contribution in [-0.2, 0) is 11.3 Å². The minimum Gasteiger partial charge on any atom is -0.344 e. The van der Waals surface area contributed by atoms with Crippen molar-refractivity contribution in [1.29, 1.82) is 0 Å². The van der Waals surface area contributed by atoms with Crippen molar-refractivity contribution >= 4 is 11.6 Å². The van der Waals surface area contributed by atoms with Crippen molar-refractivity contribution in [3.63, 3.8) is 0 Å². The van der Waals surface area contributed by atoms with Gasteiger partial charge in [0, 0.05) is 45.0 Å². The Morgan fingerprint density at radius 3 is 3.16 bits per heavy atom. The number of amides is 1. The number of hydrogen-bond acceptors (Lipinski definition) is 3. The van der Waals surface area contributed by atoms with Crippen molar-refractivity contribution in [1.82, 2.24) is 19.6 Å². The largest absolute Gasteiger partial charge is 0.344 e. The molecule has 1 unspecified atom stereocenters. The summed E-state index contributed by atoms with van der Waals surface area (Å²) in [6, 6.07) is 6.35. The molecule has 2 aromatic rings. The zero-order valence-corrected chi connectivity index (χ0v) is 11.0. The molecule has 3 rings (SSSR count). The van der Waals surface area contributed by atoms with Crippen molar-refractivity contribution in [3.05, 3.63) is 36.3 Å². The number of carbonyl (C=O) groups excluding carboxylic acids is 1. The Morgan fingerprint density at radius 2 is 2.37 bits per heavy atom. The Labute approximate surface area is 112 Å². The first-order valence-electron chi connectivity index (χ1n) is 6.62. The number of hydrogen-bond donors (Lipinski definition) is 1. The van der Waals surface area contributed by atoms with E-state index in [1.165, 1.54) is 0 Å². The van der Waals surface area contributed by atoms with Crippen LogP contribution >= 0.6 is 0 Å². The molecule has 1 fully saturated rings. The second kappa shape index (κ2) is 5.01. The second-order valence-corrected chi connectivity index (χ2v) is 5.09. The number of pyridine rings is 1. The standard InChI is InChI=1S/C14H18N4O/c1-17-9-11(5-6-14(17)19)15-8-12-10-18-7-3-2-4-13(18)16-12/h2-4,7,10-11,15H,5-6,8-9H2,1H3. The fourth-order valence-electron chi connectivity index (χ4n) is 2.50. The maximum Gasteiger partial charge on any atom is 0.222 e. The predicted octanol–water partition coefficient (Wildman–Crippen LogP) is 1.04.